The van der Waals surface area contributed by atoms with Crippen LogP contribution in [0.15, 0.2) is 12.7 Å². The first-order valence-electron chi connectivity index (χ1n) is 3.89. The molecule has 2 unspecified atom stereocenters. The summed E-state index contributed by atoms with van der Waals surface area (Å²) in [6.07, 6.45) is -1.44. The molecule has 0 aliphatic heterocycles. The maximum Gasteiger partial charge on any atom is 0.397 e. The van der Waals surface area contributed by atoms with Crippen molar-refractivity contribution in [3.05, 3.63) is 12.7 Å². The molecule has 2 atom stereocenters. The molecule has 2 N–H and O–H groups in total. The molecule has 0 aromatic heterocycles. The molecule has 0 aromatic carbocycles. The van der Waals surface area contributed by atoms with Gasteiger partial charge in [0.05, 0.1) is 6.61 Å². The van der Waals surface area contributed by atoms with E-state index in [0.717, 1.165) is 6.08 Å². The van der Waals surface area contributed by atoms with Crippen molar-refractivity contribution >= 4 is 16.4 Å². The van der Waals surface area contributed by atoms with Crippen LogP contribution in [0.25, 0.3) is 0 Å². The first kappa shape index (κ1) is 14.0. The molecule has 0 aliphatic rings. The van der Waals surface area contributed by atoms with E-state index in [0.29, 0.717) is 0 Å². The Morgan fingerprint density at radius 2 is 2.13 bits per heavy atom. The second kappa shape index (κ2) is 5.81. The molecule has 0 spiro atoms. The van der Waals surface area contributed by atoms with E-state index in [1.807, 2.05) is 0 Å². The van der Waals surface area contributed by atoms with E-state index in [1.54, 1.807) is 0 Å². The number of hydrogen-bond acceptors (Lipinski definition) is 6. The Bertz CT molecular complexity index is 320. The molecule has 88 valence electrons. The van der Waals surface area contributed by atoms with Gasteiger partial charge in [-0.1, -0.05) is 6.58 Å². The van der Waals surface area contributed by atoms with Crippen molar-refractivity contribution in [3.8, 4) is 0 Å². The zero-order chi connectivity index (χ0) is 12.1. The van der Waals surface area contributed by atoms with Gasteiger partial charge in [0.2, 0.25) is 0 Å². The smallest absolute Gasteiger partial charge is 0.397 e. The second-order valence-corrected chi connectivity index (χ2v) is 3.72. The van der Waals surface area contributed by atoms with Crippen LogP contribution < -0.4 is 0 Å². The molecule has 8 heteroatoms. The van der Waals surface area contributed by atoms with E-state index in [9.17, 15) is 18.3 Å². The number of hydrogen-bond donors (Lipinski definition) is 2. The number of aliphatic hydroxyl groups is 1. The summed E-state index contributed by atoms with van der Waals surface area (Å²) < 4.78 is 36.9. The predicted octanol–water partition coefficient (Wildman–Crippen LogP) is -0.716. The van der Waals surface area contributed by atoms with Crippen molar-refractivity contribution in [2.45, 2.75) is 19.1 Å². The zero-order valence-electron chi connectivity index (χ0n) is 7.99. The van der Waals surface area contributed by atoms with E-state index < -0.39 is 35.2 Å². The van der Waals surface area contributed by atoms with Gasteiger partial charge in [-0.2, -0.15) is 8.42 Å². The third kappa shape index (κ3) is 7.03. The van der Waals surface area contributed by atoms with Crippen LogP contribution in [0.1, 0.15) is 6.92 Å². The summed E-state index contributed by atoms with van der Waals surface area (Å²) in [5, 5.41) is 9.21. The van der Waals surface area contributed by atoms with Gasteiger partial charge in [-0.15, -0.1) is 0 Å². The van der Waals surface area contributed by atoms with E-state index in [-0.39, 0.29) is 0 Å². The Morgan fingerprint density at radius 3 is 2.53 bits per heavy atom. The van der Waals surface area contributed by atoms with Crippen LogP contribution in [0.3, 0.4) is 0 Å². The minimum Gasteiger partial charge on any atom is -0.457 e. The average Bonchev–Trinajstić information content (AvgIpc) is 2.12. The van der Waals surface area contributed by atoms with Crippen LogP contribution in [-0.2, 0) is 24.1 Å². The summed E-state index contributed by atoms with van der Waals surface area (Å²) in [5.74, 6) is -0.756. The van der Waals surface area contributed by atoms with E-state index >= 15 is 0 Å². The molecule has 7 nitrogen and oxygen atoms in total. The molecule has 0 aromatic rings. The van der Waals surface area contributed by atoms with Gasteiger partial charge in [0.15, 0.2) is 0 Å². The Balaban J connectivity index is 4.04. The fraction of sp³-hybridized carbons (Fsp3) is 0.571. The molecule has 0 saturated carbocycles. The van der Waals surface area contributed by atoms with E-state index in [1.165, 1.54) is 6.92 Å². The van der Waals surface area contributed by atoms with E-state index in [4.69, 9.17) is 4.55 Å². The van der Waals surface area contributed by atoms with Gasteiger partial charge in [0.25, 0.3) is 0 Å². The average molecular weight is 240 g/mol. The van der Waals surface area contributed by atoms with Gasteiger partial charge < -0.3 is 9.84 Å². The fourth-order valence-electron chi connectivity index (χ4n) is 0.601. The topological polar surface area (TPSA) is 110 Å². The quantitative estimate of drug-likeness (QED) is 0.358. The number of carbonyl (C=O) groups excluding carboxylic acids is 1. The predicted molar refractivity (Wildman–Crippen MR) is 49.3 cm³/mol. The fourth-order valence-corrected chi connectivity index (χ4v) is 0.912. The number of esters is 1. The first-order chi connectivity index (χ1) is 6.76. The maximum atomic E-state index is 10.7. The summed E-state index contributed by atoms with van der Waals surface area (Å²) in [4.78, 5) is 10.7. The van der Waals surface area contributed by atoms with Crippen LogP contribution in [0.4, 0.5) is 0 Å². The summed E-state index contributed by atoms with van der Waals surface area (Å²) >= 11 is 0. The van der Waals surface area contributed by atoms with Crippen LogP contribution in [0.2, 0.25) is 0 Å². The number of aliphatic hydroxyl groups excluding tert-OH is 1. The standard InChI is InChI=1S/C7H12O7S/c1-3-7(9)14-5(2)6(8)4-13-15(10,11)12/h3,5-6,8H,1,4H2,2H3,(H,10,11,12). The summed E-state index contributed by atoms with van der Waals surface area (Å²) in [7, 11) is -4.61. The highest BCUT2D eigenvalue weighted by molar-refractivity contribution is 7.80. The van der Waals surface area contributed by atoms with Crippen LogP contribution in [0.5, 0.6) is 0 Å². The van der Waals surface area contributed by atoms with Crippen LogP contribution in [-0.4, -0.2) is 42.9 Å². The molecule has 0 fully saturated rings. The van der Waals surface area contributed by atoms with Crippen molar-refractivity contribution in [1.82, 2.24) is 0 Å². The molecule has 15 heavy (non-hydrogen) atoms. The van der Waals surface area contributed by atoms with Crippen molar-refractivity contribution in [2.75, 3.05) is 6.61 Å². The number of ether oxygens (including phenoxy) is 1. The molecule has 0 bridgehead atoms. The minimum atomic E-state index is -4.61. The van der Waals surface area contributed by atoms with Crippen molar-refractivity contribution in [3.63, 3.8) is 0 Å². The second-order valence-electron chi connectivity index (χ2n) is 2.63. The SMILES string of the molecule is C=CC(=O)OC(C)C(O)COS(=O)(=O)O. The third-order valence-corrected chi connectivity index (χ3v) is 1.83. The highest BCUT2D eigenvalue weighted by Crippen LogP contribution is 2.02. The monoisotopic (exact) mass is 240 g/mol. The van der Waals surface area contributed by atoms with Gasteiger partial charge >= 0.3 is 16.4 Å². The van der Waals surface area contributed by atoms with Crippen LogP contribution in [0, 0.1) is 0 Å². The largest absolute Gasteiger partial charge is 0.457 e. The third-order valence-electron chi connectivity index (χ3n) is 1.40. The highest BCUT2D eigenvalue weighted by Gasteiger charge is 2.20. The van der Waals surface area contributed by atoms with E-state index in [2.05, 4.69) is 15.5 Å². The van der Waals surface area contributed by atoms with Crippen molar-refractivity contribution < 1.29 is 31.8 Å². The molecule has 0 aliphatic carbocycles. The zero-order valence-corrected chi connectivity index (χ0v) is 8.81. The molecule has 0 amide bonds. The number of rotatable bonds is 6. The van der Waals surface area contributed by atoms with Crippen LogP contribution >= 0.6 is 0 Å². The molecular formula is C7H12O7S. The van der Waals surface area contributed by atoms with Gasteiger partial charge in [0.1, 0.15) is 12.2 Å². The summed E-state index contributed by atoms with van der Waals surface area (Å²) in [6, 6.07) is 0. The highest BCUT2D eigenvalue weighted by atomic mass is 32.3. The van der Waals surface area contributed by atoms with Crippen molar-refractivity contribution in [2.24, 2.45) is 0 Å². The molecule has 0 radical (unpaired) electrons. The Labute approximate surface area is 87.3 Å². The minimum absolute atomic E-state index is 0.704. The summed E-state index contributed by atoms with van der Waals surface area (Å²) in [5.41, 5.74) is 0. The number of carbonyl (C=O) groups is 1. The lowest BCUT2D eigenvalue weighted by atomic mass is 10.2. The van der Waals surface area contributed by atoms with Gasteiger partial charge in [-0.25, -0.2) is 8.98 Å². The molecular weight excluding hydrogens is 228 g/mol. The molecule has 0 rings (SSSR count). The normalized spacial score (nSPS) is 15.4. The van der Waals surface area contributed by atoms with Gasteiger partial charge in [0, 0.05) is 6.08 Å². The van der Waals surface area contributed by atoms with Gasteiger partial charge in [-0.3, -0.25) is 4.55 Å². The Morgan fingerprint density at radius 1 is 1.60 bits per heavy atom. The Hall–Kier alpha value is -0.960. The maximum absolute atomic E-state index is 10.7. The van der Waals surface area contributed by atoms with Gasteiger partial charge in [-0.05, 0) is 6.92 Å². The molecule has 0 saturated heterocycles. The summed E-state index contributed by atoms with van der Waals surface area (Å²) in [6.45, 7) is 3.76. The Kier molecular flexibility index (Phi) is 5.44. The lowest BCUT2D eigenvalue weighted by Gasteiger charge is -2.17. The first-order valence-corrected chi connectivity index (χ1v) is 5.25. The molecule has 0 heterocycles. The van der Waals surface area contributed by atoms with Crippen molar-refractivity contribution in [1.29, 1.82) is 0 Å². The lowest BCUT2D eigenvalue weighted by Crippen LogP contribution is -2.32. The lowest BCUT2D eigenvalue weighted by molar-refractivity contribution is -0.148.